The van der Waals surface area contributed by atoms with E-state index in [-0.39, 0.29) is 17.3 Å². The summed E-state index contributed by atoms with van der Waals surface area (Å²) in [6.07, 6.45) is 1.97. The van der Waals surface area contributed by atoms with E-state index in [1.807, 2.05) is 18.2 Å². The Bertz CT molecular complexity index is 930. The smallest absolute Gasteiger partial charge is 0.274 e. The highest BCUT2D eigenvalue weighted by atomic mass is 16.6. The molecule has 2 aliphatic rings. The Hall–Kier alpha value is -3.13. The van der Waals surface area contributed by atoms with Crippen LogP contribution in [0.2, 0.25) is 0 Å². The lowest BCUT2D eigenvalue weighted by Crippen LogP contribution is -2.24. The van der Waals surface area contributed by atoms with Gasteiger partial charge in [-0.2, -0.15) is 0 Å². The lowest BCUT2D eigenvalue weighted by atomic mass is 10.0. The lowest BCUT2D eigenvalue weighted by Gasteiger charge is -2.26. The molecular weight excluding hydrogens is 362 g/mol. The van der Waals surface area contributed by atoms with E-state index in [1.54, 1.807) is 12.1 Å². The molecule has 0 unspecified atom stereocenters. The molecule has 1 saturated heterocycles. The summed E-state index contributed by atoms with van der Waals surface area (Å²) in [6, 6.07) is 10.5. The number of nitro benzene ring substituents is 1. The zero-order valence-corrected chi connectivity index (χ0v) is 15.3. The van der Waals surface area contributed by atoms with Crippen LogP contribution in [0.5, 0.6) is 11.5 Å². The number of hydrogen-bond donors (Lipinski definition) is 1. The number of likely N-dealkylation sites (tertiary alicyclic amines) is 1. The molecule has 0 saturated carbocycles. The first-order valence-electron chi connectivity index (χ1n) is 9.23. The zero-order chi connectivity index (χ0) is 19.7. The summed E-state index contributed by atoms with van der Waals surface area (Å²) >= 11 is 0. The molecule has 2 aromatic rings. The van der Waals surface area contributed by atoms with E-state index < -0.39 is 10.8 Å². The number of nitrogens with two attached hydrogens (primary N) is 1. The molecule has 8 heteroatoms. The second-order valence-electron chi connectivity index (χ2n) is 7.00. The summed E-state index contributed by atoms with van der Waals surface area (Å²) in [5, 5.41) is 11.5. The highest BCUT2D eigenvalue weighted by Crippen LogP contribution is 2.39. The number of nitrogens with zero attached hydrogens (tertiary/aromatic N) is 2. The molecule has 2 aromatic carbocycles. The minimum absolute atomic E-state index is 0.0795. The van der Waals surface area contributed by atoms with E-state index in [4.69, 9.17) is 15.2 Å². The molecule has 0 radical (unpaired) electrons. The van der Waals surface area contributed by atoms with Crippen molar-refractivity contribution in [3.63, 3.8) is 0 Å². The highest BCUT2D eigenvalue weighted by Gasteiger charge is 2.29. The molecule has 4 rings (SSSR count). The second-order valence-corrected chi connectivity index (χ2v) is 7.00. The van der Waals surface area contributed by atoms with E-state index in [0.717, 1.165) is 36.4 Å². The molecule has 0 aromatic heterocycles. The maximum absolute atomic E-state index is 11.5. The average Bonchev–Trinajstić information content (AvgIpc) is 3.15. The van der Waals surface area contributed by atoms with Gasteiger partial charge in [-0.15, -0.1) is 0 Å². The summed E-state index contributed by atoms with van der Waals surface area (Å²) in [5.74, 6) is 0.814. The van der Waals surface area contributed by atoms with Crippen molar-refractivity contribution in [3.8, 4) is 11.5 Å². The molecule has 28 heavy (non-hydrogen) atoms. The van der Waals surface area contributed by atoms with Gasteiger partial charge in [0.2, 0.25) is 5.91 Å². The first-order chi connectivity index (χ1) is 13.5. The van der Waals surface area contributed by atoms with Crippen LogP contribution >= 0.6 is 0 Å². The summed E-state index contributed by atoms with van der Waals surface area (Å²) in [4.78, 5) is 24.6. The zero-order valence-electron chi connectivity index (χ0n) is 15.3. The van der Waals surface area contributed by atoms with E-state index in [9.17, 15) is 14.9 Å². The number of rotatable bonds is 5. The fourth-order valence-corrected chi connectivity index (χ4v) is 3.90. The fourth-order valence-electron chi connectivity index (χ4n) is 3.90. The Morgan fingerprint density at radius 1 is 1.18 bits per heavy atom. The van der Waals surface area contributed by atoms with Crippen molar-refractivity contribution >= 4 is 11.6 Å². The van der Waals surface area contributed by atoms with Gasteiger partial charge in [-0.3, -0.25) is 19.8 Å². The van der Waals surface area contributed by atoms with Gasteiger partial charge in [0.05, 0.1) is 4.92 Å². The summed E-state index contributed by atoms with van der Waals surface area (Å²) in [7, 11) is 0. The van der Waals surface area contributed by atoms with Gasteiger partial charge in [-0.1, -0.05) is 12.1 Å². The predicted molar refractivity (Wildman–Crippen MR) is 101 cm³/mol. The average molecular weight is 383 g/mol. The van der Waals surface area contributed by atoms with Crippen molar-refractivity contribution in [3.05, 3.63) is 63.2 Å². The number of primary amides is 1. The van der Waals surface area contributed by atoms with Crippen molar-refractivity contribution in [1.29, 1.82) is 0 Å². The number of nitro groups is 1. The van der Waals surface area contributed by atoms with Crippen molar-refractivity contribution < 1.29 is 19.2 Å². The molecule has 146 valence electrons. The van der Waals surface area contributed by atoms with Crippen LogP contribution in [0, 0.1) is 10.1 Å². The highest BCUT2D eigenvalue weighted by molar-refractivity contribution is 5.93. The third-order valence-corrected chi connectivity index (χ3v) is 5.25. The van der Waals surface area contributed by atoms with Gasteiger partial charge < -0.3 is 15.2 Å². The van der Waals surface area contributed by atoms with Gasteiger partial charge in [-0.05, 0) is 43.1 Å². The number of amides is 1. The Balaban J connectivity index is 1.59. The van der Waals surface area contributed by atoms with E-state index >= 15 is 0 Å². The monoisotopic (exact) mass is 383 g/mol. The molecule has 0 spiro atoms. The van der Waals surface area contributed by atoms with Gasteiger partial charge in [0.25, 0.3) is 5.69 Å². The van der Waals surface area contributed by atoms with E-state index in [1.165, 1.54) is 6.07 Å². The SMILES string of the molecule is NC(=O)c1ccc(CN2CCC[C@@H]2c2ccc3c(c2)OCCO3)c([N+](=O)[O-])c1. The summed E-state index contributed by atoms with van der Waals surface area (Å²) < 4.78 is 11.3. The summed E-state index contributed by atoms with van der Waals surface area (Å²) in [6.45, 7) is 2.35. The number of hydrogen-bond acceptors (Lipinski definition) is 6. The van der Waals surface area contributed by atoms with Crippen molar-refractivity contribution in [1.82, 2.24) is 4.90 Å². The number of carbonyl (C=O) groups is 1. The standard InChI is InChI=1S/C20H21N3O5/c21-20(24)14-3-4-15(17(10-14)23(25)26)12-22-7-1-2-16(22)13-5-6-18-19(11-13)28-9-8-27-18/h3-6,10-11,16H,1-2,7-9,12H2,(H2,21,24)/t16-/m1/s1. The number of ether oxygens (including phenoxy) is 2. The largest absolute Gasteiger partial charge is 0.486 e. The Morgan fingerprint density at radius 3 is 2.71 bits per heavy atom. The van der Waals surface area contributed by atoms with E-state index in [0.29, 0.717) is 25.3 Å². The molecule has 1 amide bonds. The maximum Gasteiger partial charge on any atom is 0.274 e. The molecule has 8 nitrogen and oxygen atoms in total. The molecule has 1 atom stereocenters. The predicted octanol–water partition coefficient (Wildman–Crippen LogP) is 2.80. The van der Waals surface area contributed by atoms with Crippen LogP contribution in [0.15, 0.2) is 36.4 Å². The van der Waals surface area contributed by atoms with Crippen LogP contribution in [0.3, 0.4) is 0 Å². The van der Waals surface area contributed by atoms with Crippen LogP contribution in [-0.2, 0) is 6.54 Å². The quantitative estimate of drug-likeness (QED) is 0.628. The number of carbonyl (C=O) groups excluding carboxylic acids is 1. The molecule has 0 aliphatic carbocycles. The van der Waals surface area contributed by atoms with Crippen molar-refractivity contribution in [2.45, 2.75) is 25.4 Å². The normalized spacial score (nSPS) is 18.8. The van der Waals surface area contributed by atoms with Crippen LogP contribution in [0.25, 0.3) is 0 Å². The molecule has 0 bridgehead atoms. The number of fused-ring (bicyclic) bond motifs is 1. The lowest BCUT2D eigenvalue weighted by molar-refractivity contribution is -0.385. The molecular formula is C20H21N3O5. The Kier molecular flexibility index (Phi) is 4.87. The van der Waals surface area contributed by atoms with Crippen LogP contribution in [-0.4, -0.2) is 35.5 Å². The van der Waals surface area contributed by atoms with Gasteiger partial charge in [0.1, 0.15) is 13.2 Å². The first-order valence-corrected chi connectivity index (χ1v) is 9.23. The number of benzene rings is 2. The van der Waals surface area contributed by atoms with Gasteiger partial charge in [-0.25, -0.2) is 0 Å². The maximum atomic E-state index is 11.5. The van der Waals surface area contributed by atoms with Gasteiger partial charge >= 0.3 is 0 Å². The molecule has 2 aliphatic heterocycles. The van der Waals surface area contributed by atoms with Crippen LogP contribution < -0.4 is 15.2 Å². The third-order valence-electron chi connectivity index (χ3n) is 5.25. The Morgan fingerprint density at radius 2 is 1.96 bits per heavy atom. The minimum atomic E-state index is -0.676. The van der Waals surface area contributed by atoms with Crippen LogP contribution in [0.4, 0.5) is 5.69 Å². The minimum Gasteiger partial charge on any atom is -0.486 e. The topological polar surface area (TPSA) is 108 Å². The van der Waals surface area contributed by atoms with Crippen molar-refractivity contribution in [2.24, 2.45) is 5.73 Å². The van der Waals surface area contributed by atoms with Crippen LogP contribution in [0.1, 0.15) is 40.4 Å². The molecule has 2 N–H and O–H groups in total. The van der Waals surface area contributed by atoms with Crippen molar-refractivity contribution in [2.75, 3.05) is 19.8 Å². The molecule has 2 heterocycles. The summed E-state index contributed by atoms with van der Waals surface area (Å²) in [5.41, 5.74) is 6.99. The Labute approximate surface area is 162 Å². The third kappa shape index (κ3) is 3.50. The fraction of sp³-hybridized carbons (Fsp3) is 0.350. The first kappa shape index (κ1) is 18.2. The molecule has 1 fully saturated rings. The van der Waals surface area contributed by atoms with Gasteiger partial charge in [0.15, 0.2) is 11.5 Å². The second kappa shape index (κ2) is 7.47. The van der Waals surface area contributed by atoms with Gasteiger partial charge in [0, 0.05) is 29.8 Å². The van der Waals surface area contributed by atoms with E-state index in [2.05, 4.69) is 4.90 Å².